The van der Waals surface area contributed by atoms with Crippen LogP contribution < -0.4 is 5.32 Å². The van der Waals surface area contributed by atoms with Gasteiger partial charge >= 0.3 is 5.97 Å². The first-order valence-electron chi connectivity index (χ1n) is 11.5. The minimum Gasteiger partial charge on any atom is -0.481 e. The summed E-state index contributed by atoms with van der Waals surface area (Å²) in [6.07, 6.45) is 11.4. The largest absolute Gasteiger partial charge is 0.481 e. The maximum atomic E-state index is 11.3. The molecule has 0 amide bonds. The van der Waals surface area contributed by atoms with E-state index < -0.39 is 5.97 Å². The van der Waals surface area contributed by atoms with Gasteiger partial charge in [-0.3, -0.25) is 9.48 Å². The lowest BCUT2D eigenvalue weighted by Gasteiger charge is -2.21. The Morgan fingerprint density at radius 3 is 2.80 bits per heavy atom. The molecule has 1 saturated carbocycles. The van der Waals surface area contributed by atoms with Gasteiger partial charge in [0.05, 0.1) is 19.2 Å². The monoisotopic (exact) mass is 419 g/mol. The second-order valence-corrected chi connectivity index (χ2v) is 7.66. The number of nitrogens with one attached hydrogen (secondary N) is 1. The molecule has 0 bridgehead atoms. The highest BCUT2D eigenvalue weighted by Crippen LogP contribution is 2.31. The molecule has 0 radical (unpaired) electrons. The minimum absolute atomic E-state index is 0.0301. The number of anilines is 1. The lowest BCUT2D eigenvalue weighted by atomic mass is 9.84. The van der Waals surface area contributed by atoms with E-state index in [-0.39, 0.29) is 12.3 Å². The molecule has 1 aliphatic rings. The van der Waals surface area contributed by atoms with Crippen LogP contribution in [0, 0.1) is 5.92 Å². The van der Waals surface area contributed by atoms with Gasteiger partial charge in [0.1, 0.15) is 5.82 Å². The molecule has 8 heteroatoms. The number of nitrogens with zero attached hydrogens (tertiary/aromatic N) is 4. The highest BCUT2D eigenvalue weighted by molar-refractivity contribution is 5.67. The van der Waals surface area contributed by atoms with Gasteiger partial charge in [0.15, 0.2) is 5.82 Å². The summed E-state index contributed by atoms with van der Waals surface area (Å²) in [5.41, 5.74) is 0. The molecule has 2 N–H and O–H groups in total. The summed E-state index contributed by atoms with van der Waals surface area (Å²) < 4.78 is 7.26. The molecule has 2 aromatic heterocycles. The number of aromatic nitrogens is 4. The van der Waals surface area contributed by atoms with Crippen molar-refractivity contribution in [1.82, 2.24) is 19.9 Å². The normalized spacial score (nSPS) is 15.3. The van der Waals surface area contributed by atoms with Crippen LogP contribution >= 0.6 is 0 Å². The van der Waals surface area contributed by atoms with Crippen LogP contribution in [0.2, 0.25) is 0 Å². The van der Waals surface area contributed by atoms with Crippen LogP contribution in [-0.2, 0) is 17.9 Å². The van der Waals surface area contributed by atoms with Gasteiger partial charge in [-0.15, -0.1) is 0 Å². The molecular weight excluding hydrogens is 382 g/mol. The first kappa shape index (κ1) is 23.9. The number of aliphatic carboxylic acids is 1. The second kappa shape index (κ2) is 13.0. The number of carbonyl (C=O) groups is 1. The third-order valence-corrected chi connectivity index (χ3v) is 5.59. The molecule has 1 aliphatic carbocycles. The predicted octanol–water partition coefficient (Wildman–Crippen LogP) is 5.23. The van der Waals surface area contributed by atoms with Gasteiger partial charge < -0.3 is 14.9 Å². The first-order chi connectivity index (χ1) is 14.7. The maximum absolute atomic E-state index is 11.3. The standard InChI is InChI=1S/C20H31N5O3.C2H6/c1-2-25-18(11-12-22-25)21-14-17-23-20(28-24-17)16(13-19(26)27)10-6-9-15-7-4-3-5-8-15;1-2/h11-12,15-16,21H,2-10,13-14H2,1H3,(H,26,27);1-2H3. The van der Waals surface area contributed by atoms with Gasteiger partial charge in [0.2, 0.25) is 5.89 Å². The zero-order chi connectivity index (χ0) is 21.8. The van der Waals surface area contributed by atoms with Crippen LogP contribution in [0.25, 0.3) is 0 Å². The summed E-state index contributed by atoms with van der Waals surface area (Å²) in [7, 11) is 0. The number of carboxylic acids is 1. The second-order valence-electron chi connectivity index (χ2n) is 7.66. The van der Waals surface area contributed by atoms with Crippen molar-refractivity contribution in [3.8, 4) is 0 Å². The van der Waals surface area contributed by atoms with Crippen molar-refractivity contribution in [3.05, 3.63) is 24.0 Å². The third kappa shape index (κ3) is 7.46. The number of aryl methyl sites for hydroxylation is 1. The number of rotatable bonds is 11. The molecule has 2 aromatic rings. The molecule has 8 nitrogen and oxygen atoms in total. The van der Waals surface area contributed by atoms with E-state index in [1.54, 1.807) is 6.20 Å². The van der Waals surface area contributed by atoms with Crippen molar-refractivity contribution >= 4 is 11.8 Å². The van der Waals surface area contributed by atoms with Crippen molar-refractivity contribution in [2.24, 2.45) is 5.92 Å². The van der Waals surface area contributed by atoms with Gasteiger partial charge in [0.25, 0.3) is 0 Å². The van der Waals surface area contributed by atoms with Crippen LogP contribution in [0.4, 0.5) is 5.82 Å². The van der Waals surface area contributed by atoms with Crippen LogP contribution in [0.15, 0.2) is 16.8 Å². The summed E-state index contributed by atoms with van der Waals surface area (Å²) in [4.78, 5) is 15.7. The van der Waals surface area contributed by atoms with Crippen LogP contribution in [0.3, 0.4) is 0 Å². The SMILES string of the molecule is CC.CCn1nccc1NCc1noc(C(CCCC2CCCCC2)CC(=O)O)n1. The van der Waals surface area contributed by atoms with Crippen molar-refractivity contribution in [3.63, 3.8) is 0 Å². The van der Waals surface area contributed by atoms with E-state index in [9.17, 15) is 9.90 Å². The summed E-state index contributed by atoms with van der Waals surface area (Å²) in [6, 6.07) is 1.89. The van der Waals surface area contributed by atoms with Gasteiger partial charge in [-0.25, -0.2) is 0 Å². The fourth-order valence-corrected chi connectivity index (χ4v) is 4.06. The van der Waals surface area contributed by atoms with E-state index in [1.807, 2.05) is 31.5 Å². The zero-order valence-electron chi connectivity index (χ0n) is 18.6. The van der Waals surface area contributed by atoms with E-state index in [0.29, 0.717) is 18.3 Å². The number of hydrogen-bond acceptors (Lipinski definition) is 6. The Balaban J connectivity index is 0.00000155. The fourth-order valence-electron chi connectivity index (χ4n) is 4.06. The summed E-state index contributed by atoms with van der Waals surface area (Å²) >= 11 is 0. The molecule has 0 aliphatic heterocycles. The highest BCUT2D eigenvalue weighted by atomic mass is 16.5. The van der Waals surface area contributed by atoms with Crippen molar-refractivity contribution in [2.75, 3.05) is 5.32 Å². The van der Waals surface area contributed by atoms with Crippen LogP contribution in [-0.4, -0.2) is 31.0 Å². The summed E-state index contributed by atoms with van der Waals surface area (Å²) in [5, 5.41) is 20.7. The Morgan fingerprint density at radius 2 is 2.10 bits per heavy atom. The first-order valence-corrected chi connectivity index (χ1v) is 11.5. The Labute approximate surface area is 179 Å². The van der Waals surface area contributed by atoms with Crippen molar-refractivity contribution in [2.45, 2.75) is 97.6 Å². The molecule has 1 fully saturated rings. The van der Waals surface area contributed by atoms with Crippen molar-refractivity contribution < 1.29 is 14.4 Å². The van der Waals surface area contributed by atoms with E-state index in [2.05, 4.69) is 20.6 Å². The van der Waals surface area contributed by atoms with Gasteiger partial charge in [-0.1, -0.05) is 63.9 Å². The topological polar surface area (TPSA) is 106 Å². The summed E-state index contributed by atoms with van der Waals surface area (Å²) in [6.45, 7) is 7.21. The molecule has 1 unspecified atom stereocenters. The average Bonchev–Trinajstić information content (AvgIpc) is 3.42. The zero-order valence-corrected chi connectivity index (χ0v) is 18.6. The Hall–Kier alpha value is -2.38. The fraction of sp³-hybridized carbons (Fsp3) is 0.727. The lowest BCUT2D eigenvalue weighted by molar-refractivity contribution is -0.137. The predicted molar refractivity (Wildman–Crippen MR) is 116 cm³/mol. The molecular formula is C22H37N5O3. The van der Waals surface area contributed by atoms with E-state index in [0.717, 1.165) is 31.1 Å². The van der Waals surface area contributed by atoms with Gasteiger partial charge in [-0.2, -0.15) is 10.1 Å². The van der Waals surface area contributed by atoms with Gasteiger partial charge in [-0.05, 0) is 19.3 Å². The van der Waals surface area contributed by atoms with Crippen LogP contribution in [0.5, 0.6) is 0 Å². The Bertz CT molecular complexity index is 737. The van der Waals surface area contributed by atoms with Crippen LogP contribution in [0.1, 0.15) is 96.2 Å². The Kier molecular flexibility index (Phi) is 10.4. The molecule has 0 aromatic carbocycles. The quantitative estimate of drug-likeness (QED) is 0.513. The molecule has 2 heterocycles. The van der Waals surface area contributed by atoms with E-state index in [1.165, 1.54) is 38.5 Å². The van der Waals surface area contributed by atoms with E-state index in [4.69, 9.17) is 4.52 Å². The maximum Gasteiger partial charge on any atom is 0.304 e. The molecule has 1 atom stereocenters. The van der Waals surface area contributed by atoms with Gasteiger partial charge in [0, 0.05) is 18.5 Å². The third-order valence-electron chi connectivity index (χ3n) is 5.59. The van der Waals surface area contributed by atoms with E-state index >= 15 is 0 Å². The average molecular weight is 420 g/mol. The summed E-state index contributed by atoms with van der Waals surface area (Å²) in [5.74, 6) is 1.61. The lowest BCUT2D eigenvalue weighted by Crippen LogP contribution is -2.10. The highest BCUT2D eigenvalue weighted by Gasteiger charge is 2.23. The number of carboxylic acid groups (broad SMARTS) is 1. The molecule has 0 saturated heterocycles. The Morgan fingerprint density at radius 1 is 1.33 bits per heavy atom. The smallest absolute Gasteiger partial charge is 0.304 e. The molecule has 0 spiro atoms. The minimum atomic E-state index is -0.826. The molecule has 3 rings (SSSR count). The van der Waals surface area contributed by atoms with Crippen molar-refractivity contribution in [1.29, 1.82) is 0 Å². The molecule has 168 valence electrons. The molecule has 30 heavy (non-hydrogen) atoms. The number of hydrogen-bond donors (Lipinski definition) is 2.